The lowest BCUT2D eigenvalue weighted by Gasteiger charge is -1.79. The molecule has 0 saturated carbocycles. The minimum absolute atomic E-state index is 0.244. The molecule has 8 nitrogen and oxygen atoms in total. The first-order chi connectivity index (χ1) is 7.75. The van der Waals surface area contributed by atoms with Crippen molar-refractivity contribution in [1.29, 1.82) is 0 Å². The van der Waals surface area contributed by atoms with Crippen LogP contribution in [0.4, 0.5) is 0 Å². The van der Waals surface area contributed by atoms with E-state index >= 15 is 0 Å². The number of carboxylic acid groups (broad SMARTS) is 4. The third-order valence-corrected chi connectivity index (χ3v) is 0.921. The van der Waals surface area contributed by atoms with Gasteiger partial charge in [-0.2, -0.15) is 0 Å². The van der Waals surface area contributed by atoms with Crippen molar-refractivity contribution in [2.75, 3.05) is 0 Å². The fourth-order valence-electron chi connectivity index (χ4n) is 0.403. The van der Waals surface area contributed by atoms with Gasteiger partial charge in [0.05, 0.1) is 6.42 Å². The van der Waals surface area contributed by atoms with Crippen LogP contribution in [-0.4, -0.2) is 44.3 Å². The van der Waals surface area contributed by atoms with Gasteiger partial charge in [0, 0.05) is 18.2 Å². The molecule has 0 spiro atoms. The Morgan fingerprint density at radius 2 is 1.06 bits per heavy atom. The summed E-state index contributed by atoms with van der Waals surface area (Å²) in [6.45, 7) is 0. The molecule has 0 atom stereocenters. The summed E-state index contributed by atoms with van der Waals surface area (Å²) in [7, 11) is 0. The molecule has 0 saturated heterocycles. The highest BCUT2D eigenvalue weighted by molar-refractivity contribution is 5.89. The molecule has 17 heavy (non-hydrogen) atoms. The number of hydrogen-bond acceptors (Lipinski definition) is 4. The van der Waals surface area contributed by atoms with Gasteiger partial charge in [0.15, 0.2) is 0 Å². The fraction of sp³-hybridized carbons (Fsp3) is 0.111. The second-order valence-corrected chi connectivity index (χ2v) is 2.35. The summed E-state index contributed by atoms with van der Waals surface area (Å²) in [5, 5.41) is 31.6. The number of carbonyl (C=O) groups is 4. The third kappa shape index (κ3) is 24.7. The van der Waals surface area contributed by atoms with E-state index in [-0.39, 0.29) is 6.42 Å². The average Bonchev–Trinajstić information content (AvgIpc) is 2.14. The molecule has 0 bridgehead atoms. The molecular weight excluding hydrogens is 236 g/mol. The number of rotatable bonds is 5. The maximum atomic E-state index is 9.74. The summed E-state index contributed by atoms with van der Waals surface area (Å²) in [6, 6.07) is 0. The van der Waals surface area contributed by atoms with E-state index in [0.29, 0.717) is 12.2 Å². The molecule has 0 aliphatic heterocycles. The monoisotopic (exact) mass is 246 g/mol. The van der Waals surface area contributed by atoms with E-state index in [9.17, 15) is 19.2 Å². The normalized spacial score (nSPS) is 9.65. The smallest absolute Gasteiger partial charge is 0.328 e. The molecule has 0 aromatic heterocycles. The van der Waals surface area contributed by atoms with Crippen molar-refractivity contribution < 1.29 is 39.6 Å². The molecule has 0 radical (unpaired) electrons. The van der Waals surface area contributed by atoms with E-state index in [4.69, 9.17) is 20.4 Å². The van der Waals surface area contributed by atoms with Gasteiger partial charge in [0.2, 0.25) is 0 Å². The molecule has 0 aromatic carbocycles. The van der Waals surface area contributed by atoms with Gasteiger partial charge < -0.3 is 20.4 Å². The first kappa shape index (κ1) is 16.8. The van der Waals surface area contributed by atoms with Crippen molar-refractivity contribution in [2.45, 2.75) is 6.42 Å². The van der Waals surface area contributed by atoms with Gasteiger partial charge in [-0.1, -0.05) is 6.08 Å². The molecule has 0 aliphatic rings. The summed E-state index contributed by atoms with van der Waals surface area (Å²) in [4.78, 5) is 38.5. The maximum Gasteiger partial charge on any atom is 0.328 e. The second kappa shape index (κ2) is 9.90. The third-order valence-electron chi connectivity index (χ3n) is 0.921. The van der Waals surface area contributed by atoms with E-state index in [2.05, 4.69) is 0 Å². The maximum absolute atomic E-state index is 9.74. The Morgan fingerprint density at radius 3 is 1.29 bits per heavy atom. The Morgan fingerprint density at radius 1 is 0.706 bits per heavy atom. The quantitative estimate of drug-likeness (QED) is 0.487. The van der Waals surface area contributed by atoms with Crippen LogP contribution in [0.3, 0.4) is 0 Å². The van der Waals surface area contributed by atoms with Crippen LogP contribution in [0.1, 0.15) is 6.42 Å². The molecule has 0 heterocycles. The van der Waals surface area contributed by atoms with Crippen molar-refractivity contribution in [3.8, 4) is 0 Å². The number of hydrogen-bond donors (Lipinski definition) is 4. The van der Waals surface area contributed by atoms with Crippen molar-refractivity contribution in [2.24, 2.45) is 0 Å². The molecule has 0 aromatic rings. The lowest BCUT2D eigenvalue weighted by Crippen LogP contribution is -1.92. The summed E-state index contributed by atoms with van der Waals surface area (Å²) < 4.78 is 0. The minimum atomic E-state index is -1.26. The van der Waals surface area contributed by atoms with Crippen LogP contribution >= 0.6 is 0 Å². The molecule has 4 N–H and O–H groups in total. The van der Waals surface area contributed by atoms with E-state index in [1.54, 1.807) is 0 Å². The van der Waals surface area contributed by atoms with Crippen LogP contribution < -0.4 is 0 Å². The van der Waals surface area contributed by atoms with Crippen LogP contribution in [-0.2, 0) is 19.2 Å². The molecule has 0 unspecified atom stereocenters. The molecule has 0 amide bonds. The lowest BCUT2D eigenvalue weighted by molar-refractivity contribution is -0.136. The van der Waals surface area contributed by atoms with E-state index in [0.717, 1.165) is 12.2 Å². The van der Waals surface area contributed by atoms with E-state index < -0.39 is 23.9 Å². The highest BCUT2D eigenvalue weighted by Crippen LogP contribution is 1.81. The molecule has 8 heteroatoms. The van der Waals surface area contributed by atoms with Gasteiger partial charge >= 0.3 is 23.9 Å². The average molecular weight is 246 g/mol. The van der Waals surface area contributed by atoms with Gasteiger partial charge in [0.1, 0.15) is 0 Å². The molecule has 0 aliphatic carbocycles. The van der Waals surface area contributed by atoms with E-state index in [1.165, 1.54) is 0 Å². The molecule has 0 rings (SSSR count). The van der Waals surface area contributed by atoms with Crippen molar-refractivity contribution in [3.05, 3.63) is 24.3 Å². The topological polar surface area (TPSA) is 149 Å². The van der Waals surface area contributed by atoms with Gasteiger partial charge in [-0.25, -0.2) is 14.4 Å². The molecule has 0 fully saturated rings. The Kier molecular flexibility index (Phi) is 9.77. The van der Waals surface area contributed by atoms with Gasteiger partial charge in [0.25, 0.3) is 0 Å². The minimum Gasteiger partial charge on any atom is -0.481 e. The summed E-state index contributed by atoms with van der Waals surface area (Å²) in [5.74, 6) is -4.68. The Balaban J connectivity index is 0. The fourth-order valence-corrected chi connectivity index (χ4v) is 0.403. The van der Waals surface area contributed by atoms with Crippen LogP contribution in [0, 0.1) is 0 Å². The van der Waals surface area contributed by atoms with Crippen molar-refractivity contribution in [3.63, 3.8) is 0 Å². The predicted octanol–water partition coefficient (Wildman–Crippen LogP) is -0.186. The largest absolute Gasteiger partial charge is 0.481 e. The first-order valence-electron chi connectivity index (χ1n) is 4.01. The zero-order chi connectivity index (χ0) is 13.8. The van der Waals surface area contributed by atoms with Crippen LogP contribution in [0.25, 0.3) is 0 Å². The molecular formula is C9H10O8. The zero-order valence-electron chi connectivity index (χ0n) is 8.44. The second-order valence-electron chi connectivity index (χ2n) is 2.35. The summed E-state index contributed by atoms with van der Waals surface area (Å²) in [6.07, 6.45) is 2.75. The Labute approximate surface area is 95.1 Å². The van der Waals surface area contributed by atoms with Gasteiger partial charge in [-0.15, -0.1) is 0 Å². The molecule has 94 valence electrons. The summed E-state index contributed by atoms with van der Waals surface area (Å²) in [5.41, 5.74) is 0. The Bertz CT molecular complexity index is 336. The SMILES string of the molecule is O=C(O)/C=C\C(=O)O.O=C(O)C=CCC(=O)O. The van der Waals surface area contributed by atoms with Crippen molar-refractivity contribution in [1.82, 2.24) is 0 Å². The first-order valence-corrected chi connectivity index (χ1v) is 4.01. The lowest BCUT2D eigenvalue weighted by atomic mass is 10.4. The summed E-state index contributed by atoms with van der Waals surface area (Å²) >= 11 is 0. The number of aliphatic carboxylic acids is 4. The van der Waals surface area contributed by atoms with Gasteiger partial charge in [-0.05, 0) is 0 Å². The highest BCUT2D eigenvalue weighted by Gasteiger charge is 1.90. The van der Waals surface area contributed by atoms with Crippen molar-refractivity contribution >= 4 is 23.9 Å². The van der Waals surface area contributed by atoms with Crippen LogP contribution in [0.2, 0.25) is 0 Å². The predicted molar refractivity (Wildman–Crippen MR) is 53.4 cm³/mol. The number of carboxylic acids is 4. The highest BCUT2D eigenvalue weighted by atomic mass is 16.4. The zero-order valence-corrected chi connectivity index (χ0v) is 8.44. The Hall–Kier alpha value is -2.64. The van der Waals surface area contributed by atoms with E-state index in [1.807, 2.05) is 0 Å². The standard InChI is InChI=1S/C5H6O4.C4H4O4/c6-4(7)2-1-3-5(8)9;5-3(6)1-2-4(7)8/h1-2H,3H2,(H,6,7)(H,8,9);1-2H,(H,5,6)(H,7,8)/b;2-1-. The van der Waals surface area contributed by atoms with Crippen LogP contribution in [0.15, 0.2) is 24.3 Å². The van der Waals surface area contributed by atoms with Gasteiger partial charge in [-0.3, -0.25) is 4.79 Å². The van der Waals surface area contributed by atoms with Crippen LogP contribution in [0.5, 0.6) is 0 Å².